The van der Waals surface area contributed by atoms with Crippen molar-refractivity contribution in [1.29, 1.82) is 0 Å². The minimum Gasteiger partial charge on any atom is -0.339 e. The molecule has 4 atom stereocenters. The van der Waals surface area contributed by atoms with Crippen molar-refractivity contribution in [3.8, 4) is 0 Å². The highest BCUT2D eigenvalue weighted by Gasteiger charge is 2.56. The third kappa shape index (κ3) is 3.28. The number of aromatic nitrogens is 2. The largest absolute Gasteiger partial charge is 0.339 e. The second-order valence-corrected chi connectivity index (χ2v) is 10.5. The molecule has 1 N–H and O–H groups in total. The lowest BCUT2D eigenvalue weighted by Gasteiger charge is -2.53. The molecule has 3 fully saturated rings. The Kier molecular flexibility index (Phi) is 5.29. The van der Waals surface area contributed by atoms with Gasteiger partial charge in [0.2, 0.25) is 5.91 Å². The van der Waals surface area contributed by atoms with Crippen molar-refractivity contribution >= 4 is 15.9 Å². The second-order valence-electron chi connectivity index (χ2n) is 8.85. The first kappa shape index (κ1) is 19.9. The van der Waals surface area contributed by atoms with E-state index in [1.165, 1.54) is 6.33 Å². The van der Waals surface area contributed by atoms with Gasteiger partial charge in [0.15, 0.2) is 5.03 Å². The van der Waals surface area contributed by atoms with Crippen molar-refractivity contribution in [3.63, 3.8) is 0 Å². The molecule has 1 aromatic rings. The van der Waals surface area contributed by atoms with E-state index in [1.54, 1.807) is 17.8 Å². The zero-order valence-electron chi connectivity index (χ0n) is 16.9. The summed E-state index contributed by atoms with van der Waals surface area (Å²) >= 11 is 0. The maximum atomic E-state index is 12.9. The SMILES string of the molecule is CCC[C@H]1[C@@H](NS(=O)(=O)c2cn(C)cn2)CC[C@@]23CCCN2C(=O)CCC[C@@H]13. The summed E-state index contributed by atoms with van der Waals surface area (Å²) in [6.07, 6.45) is 11.5. The number of hydrogen-bond acceptors (Lipinski definition) is 4. The van der Waals surface area contributed by atoms with Crippen LogP contribution in [0, 0.1) is 11.8 Å². The van der Waals surface area contributed by atoms with Gasteiger partial charge in [0.1, 0.15) is 0 Å². The zero-order valence-corrected chi connectivity index (χ0v) is 17.7. The van der Waals surface area contributed by atoms with Gasteiger partial charge in [-0.05, 0) is 56.8 Å². The fourth-order valence-corrected chi connectivity index (χ4v) is 7.47. The van der Waals surface area contributed by atoms with Gasteiger partial charge in [-0.2, -0.15) is 0 Å². The van der Waals surface area contributed by atoms with E-state index in [0.717, 1.165) is 57.9 Å². The van der Waals surface area contributed by atoms with Crippen molar-refractivity contribution in [3.05, 3.63) is 12.5 Å². The average Bonchev–Trinajstić information content (AvgIpc) is 3.24. The lowest BCUT2D eigenvalue weighted by atomic mass is 9.61. The number of hydrogen-bond donors (Lipinski definition) is 1. The summed E-state index contributed by atoms with van der Waals surface area (Å²) in [4.78, 5) is 18.9. The Morgan fingerprint density at radius 2 is 2.11 bits per heavy atom. The molecule has 1 saturated carbocycles. The van der Waals surface area contributed by atoms with Crippen LogP contribution in [-0.4, -0.2) is 46.9 Å². The number of nitrogens with zero attached hydrogens (tertiary/aromatic N) is 3. The fraction of sp³-hybridized carbons (Fsp3) is 0.800. The molecule has 0 bridgehead atoms. The molecule has 3 aliphatic rings. The molecule has 0 aromatic carbocycles. The number of imidazole rings is 1. The zero-order chi connectivity index (χ0) is 19.9. The van der Waals surface area contributed by atoms with Crippen molar-refractivity contribution in [2.24, 2.45) is 18.9 Å². The third-order valence-corrected chi connectivity index (χ3v) is 8.61. The maximum absolute atomic E-state index is 12.9. The summed E-state index contributed by atoms with van der Waals surface area (Å²) in [6.45, 7) is 3.04. The van der Waals surface area contributed by atoms with Crippen molar-refractivity contribution in [2.45, 2.75) is 81.3 Å². The summed E-state index contributed by atoms with van der Waals surface area (Å²) in [5.74, 6) is 0.957. The van der Waals surface area contributed by atoms with Gasteiger partial charge in [-0.25, -0.2) is 18.1 Å². The maximum Gasteiger partial charge on any atom is 0.259 e. The molecule has 0 unspecified atom stereocenters. The number of carbonyl (C=O) groups is 1. The van der Waals surface area contributed by atoms with Gasteiger partial charge in [-0.1, -0.05) is 13.3 Å². The van der Waals surface area contributed by atoms with E-state index >= 15 is 0 Å². The lowest BCUT2D eigenvalue weighted by molar-refractivity contribution is -0.138. The number of aryl methyl sites for hydroxylation is 1. The van der Waals surface area contributed by atoms with Gasteiger partial charge < -0.3 is 9.47 Å². The standard InChI is InChI=1S/C20H32N4O3S/c1-3-6-15-16-7-4-8-19(25)24-12-5-10-20(16,24)11-9-17(15)22-28(26,27)18-13-23(2)14-21-18/h13-17,22H,3-12H2,1-2H3/t15-,16+,17+,20-/m1/s1. The van der Waals surface area contributed by atoms with Gasteiger partial charge in [0, 0.05) is 37.8 Å². The normalized spacial score (nSPS) is 33.4. The average molecular weight is 409 g/mol. The summed E-state index contributed by atoms with van der Waals surface area (Å²) in [5.41, 5.74) is -0.0413. The molecule has 2 saturated heterocycles. The molecule has 8 heteroatoms. The van der Waals surface area contributed by atoms with Gasteiger partial charge in [-0.15, -0.1) is 0 Å². The monoisotopic (exact) mass is 408 g/mol. The molecular formula is C20H32N4O3S. The molecule has 1 aromatic heterocycles. The Morgan fingerprint density at radius 1 is 1.29 bits per heavy atom. The topological polar surface area (TPSA) is 84.3 Å². The Labute approximate surface area is 167 Å². The highest BCUT2D eigenvalue weighted by atomic mass is 32.2. The van der Waals surface area contributed by atoms with Crippen molar-refractivity contribution < 1.29 is 13.2 Å². The predicted octanol–water partition coefficient (Wildman–Crippen LogP) is 2.44. The smallest absolute Gasteiger partial charge is 0.259 e. The summed E-state index contributed by atoms with van der Waals surface area (Å²) in [7, 11) is -1.86. The molecule has 3 heterocycles. The van der Waals surface area contributed by atoms with E-state index in [2.05, 4.69) is 21.5 Å². The highest BCUT2D eigenvalue weighted by Crippen LogP contribution is 2.52. The minimum absolute atomic E-state index is 0.0413. The van der Waals surface area contributed by atoms with Crippen LogP contribution in [0.15, 0.2) is 17.6 Å². The predicted molar refractivity (Wildman–Crippen MR) is 106 cm³/mol. The first-order valence-electron chi connectivity index (χ1n) is 10.7. The van der Waals surface area contributed by atoms with Crippen LogP contribution in [0.4, 0.5) is 0 Å². The van der Waals surface area contributed by atoms with Crippen LogP contribution < -0.4 is 4.72 Å². The Morgan fingerprint density at radius 3 is 2.82 bits per heavy atom. The third-order valence-electron chi connectivity index (χ3n) is 7.23. The lowest BCUT2D eigenvalue weighted by Crippen LogP contribution is -2.60. The quantitative estimate of drug-likeness (QED) is 0.811. The molecule has 156 valence electrons. The molecule has 1 spiro atoms. The van der Waals surface area contributed by atoms with Crippen LogP contribution in [0.3, 0.4) is 0 Å². The first-order chi connectivity index (χ1) is 13.4. The summed E-state index contributed by atoms with van der Waals surface area (Å²) in [5, 5.41) is 0.0871. The Balaban J connectivity index is 1.63. The van der Waals surface area contributed by atoms with Crippen LogP contribution in [0.1, 0.15) is 64.7 Å². The number of nitrogens with one attached hydrogen (secondary N) is 1. The Bertz CT molecular complexity index is 836. The van der Waals surface area contributed by atoms with E-state index in [0.29, 0.717) is 18.2 Å². The molecule has 28 heavy (non-hydrogen) atoms. The van der Waals surface area contributed by atoms with E-state index in [4.69, 9.17) is 0 Å². The molecule has 1 aliphatic carbocycles. The molecule has 4 rings (SSSR count). The van der Waals surface area contributed by atoms with Crippen molar-refractivity contribution in [1.82, 2.24) is 19.2 Å². The van der Waals surface area contributed by atoms with Crippen LogP contribution in [0.2, 0.25) is 0 Å². The number of rotatable bonds is 5. The summed E-state index contributed by atoms with van der Waals surface area (Å²) in [6, 6.07) is -0.0850. The van der Waals surface area contributed by atoms with Gasteiger partial charge in [-0.3, -0.25) is 4.79 Å². The van der Waals surface area contributed by atoms with E-state index in [1.807, 2.05) is 0 Å². The number of carbonyl (C=O) groups excluding carboxylic acids is 1. The Hall–Kier alpha value is -1.41. The van der Waals surface area contributed by atoms with Crippen molar-refractivity contribution in [2.75, 3.05) is 6.54 Å². The van der Waals surface area contributed by atoms with Crippen LogP contribution >= 0.6 is 0 Å². The fourth-order valence-electron chi connectivity index (χ4n) is 6.16. The molecule has 1 amide bonds. The van der Waals surface area contributed by atoms with E-state index in [-0.39, 0.29) is 22.5 Å². The van der Waals surface area contributed by atoms with Crippen LogP contribution in [-0.2, 0) is 21.9 Å². The number of sulfonamides is 1. The molecule has 7 nitrogen and oxygen atoms in total. The highest BCUT2D eigenvalue weighted by molar-refractivity contribution is 7.89. The first-order valence-corrected chi connectivity index (χ1v) is 12.2. The van der Waals surface area contributed by atoms with Gasteiger partial charge in [0.05, 0.1) is 6.33 Å². The van der Waals surface area contributed by atoms with Gasteiger partial charge in [0.25, 0.3) is 10.0 Å². The van der Waals surface area contributed by atoms with Crippen LogP contribution in [0.25, 0.3) is 0 Å². The van der Waals surface area contributed by atoms with Gasteiger partial charge >= 0.3 is 0 Å². The molecular weight excluding hydrogens is 376 g/mol. The molecule has 2 aliphatic heterocycles. The van der Waals surface area contributed by atoms with E-state index in [9.17, 15) is 13.2 Å². The second kappa shape index (κ2) is 7.44. The number of amides is 1. The molecule has 0 radical (unpaired) electrons. The minimum atomic E-state index is -3.63. The summed E-state index contributed by atoms with van der Waals surface area (Å²) < 4.78 is 30.5. The van der Waals surface area contributed by atoms with Crippen LogP contribution in [0.5, 0.6) is 0 Å². The van der Waals surface area contributed by atoms with E-state index < -0.39 is 10.0 Å².